The maximum absolute atomic E-state index is 11.6. The molecule has 0 saturated carbocycles. The molecule has 0 heterocycles. The van der Waals surface area contributed by atoms with E-state index >= 15 is 0 Å². The Bertz CT molecular complexity index is 468. The molecule has 0 aliphatic rings. The lowest BCUT2D eigenvalue weighted by Gasteiger charge is -2.21. The molecule has 4 nitrogen and oxygen atoms in total. The molecule has 0 aliphatic carbocycles. The van der Waals surface area contributed by atoms with Gasteiger partial charge in [0.25, 0.3) is 0 Å². The summed E-state index contributed by atoms with van der Waals surface area (Å²) in [5.41, 5.74) is 1.14. The molecule has 1 rings (SSSR count). The first-order valence-electron chi connectivity index (χ1n) is 6.19. The fourth-order valence-corrected chi connectivity index (χ4v) is 2.59. The van der Waals surface area contributed by atoms with E-state index < -0.39 is 10.0 Å². The topological polar surface area (TPSA) is 58.2 Å². The van der Waals surface area contributed by atoms with Crippen LogP contribution in [0.15, 0.2) is 29.2 Å². The third kappa shape index (κ3) is 3.54. The van der Waals surface area contributed by atoms with Crippen LogP contribution in [0.1, 0.15) is 32.3 Å². The lowest BCUT2D eigenvalue weighted by Crippen LogP contribution is -2.30. The van der Waals surface area contributed by atoms with Gasteiger partial charge in [0.15, 0.2) is 0 Å². The number of hydrogen-bond acceptors (Lipinski definition) is 3. The minimum atomic E-state index is -3.34. The van der Waals surface area contributed by atoms with E-state index in [2.05, 4.69) is 30.8 Å². The van der Waals surface area contributed by atoms with Crippen LogP contribution in [0.4, 0.5) is 0 Å². The Hall–Kier alpha value is -0.910. The molecular formula is C13H22N2O2S. The first-order valence-corrected chi connectivity index (χ1v) is 7.67. The van der Waals surface area contributed by atoms with Gasteiger partial charge in [-0.05, 0) is 44.1 Å². The van der Waals surface area contributed by atoms with E-state index in [0.29, 0.717) is 16.9 Å². The van der Waals surface area contributed by atoms with E-state index in [1.165, 1.54) is 7.05 Å². The normalized spacial score (nSPS) is 15.3. The van der Waals surface area contributed by atoms with Crippen LogP contribution in [0, 0.1) is 0 Å². The number of benzene rings is 1. The van der Waals surface area contributed by atoms with Gasteiger partial charge in [-0.15, -0.1) is 0 Å². The van der Waals surface area contributed by atoms with E-state index in [0.717, 1.165) is 12.1 Å². The third-order valence-corrected chi connectivity index (χ3v) is 4.69. The molecule has 0 aromatic heterocycles. The zero-order valence-corrected chi connectivity index (χ0v) is 12.2. The summed E-state index contributed by atoms with van der Waals surface area (Å²) in [5.74, 6) is 0.344. The average molecular weight is 270 g/mol. The second-order valence-corrected chi connectivity index (χ2v) is 6.30. The van der Waals surface area contributed by atoms with Crippen LogP contribution in [0.3, 0.4) is 0 Å². The maximum Gasteiger partial charge on any atom is 0.240 e. The standard InChI is InChI=1S/C13H22N2O2S/c1-5-15-11(3)10(2)12-6-8-13(9-7-12)18(16,17)14-4/h6-11,14-15H,5H2,1-4H3. The van der Waals surface area contributed by atoms with E-state index in [1.807, 2.05) is 12.1 Å². The molecular weight excluding hydrogens is 248 g/mol. The summed E-state index contributed by atoms with van der Waals surface area (Å²) in [6.07, 6.45) is 0. The fourth-order valence-electron chi connectivity index (χ4n) is 1.86. The van der Waals surface area contributed by atoms with Crippen molar-refractivity contribution in [3.8, 4) is 0 Å². The molecule has 0 amide bonds. The van der Waals surface area contributed by atoms with Gasteiger partial charge in [0.1, 0.15) is 0 Å². The maximum atomic E-state index is 11.6. The Labute approximate surface area is 110 Å². The molecule has 18 heavy (non-hydrogen) atoms. The molecule has 0 saturated heterocycles. The molecule has 1 aromatic carbocycles. The summed E-state index contributed by atoms with van der Waals surface area (Å²) in [4.78, 5) is 0.303. The smallest absolute Gasteiger partial charge is 0.240 e. The van der Waals surface area contributed by atoms with Gasteiger partial charge >= 0.3 is 0 Å². The third-order valence-electron chi connectivity index (χ3n) is 3.26. The van der Waals surface area contributed by atoms with Crippen LogP contribution < -0.4 is 10.0 Å². The summed E-state index contributed by atoms with van der Waals surface area (Å²) >= 11 is 0. The van der Waals surface area contributed by atoms with E-state index in [9.17, 15) is 8.42 Å². The summed E-state index contributed by atoms with van der Waals surface area (Å²) < 4.78 is 25.5. The highest BCUT2D eigenvalue weighted by Crippen LogP contribution is 2.20. The number of hydrogen-bond donors (Lipinski definition) is 2. The second kappa shape index (κ2) is 6.31. The van der Waals surface area contributed by atoms with Crippen LogP contribution in [-0.2, 0) is 10.0 Å². The average Bonchev–Trinajstić information content (AvgIpc) is 2.38. The van der Waals surface area contributed by atoms with Gasteiger partial charge in [-0.1, -0.05) is 26.0 Å². The molecule has 0 aliphatic heterocycles. The van der Waals surface area contributed by atoms with Crippen molar-refractivity contribution in [1.82, 2.24) is 10.0 Å². The lowest BCUT2D eigenvalue weighted by molar-refractivity contribution is 0.495. The monoisotopic (exact) mass is 270 g/mol. The van der Waals surface area contributed by atoms with Gasteiger partial charge in [-0.2, -0.15) is 0 Å². The fraction of sp³-hybridized carbons (Fsp3) is 0.538. The number of nitrogens with one attached hydrogen (secondary N) is 2. The van der Waals surface area contributed by atoms with Crippen molar-refractivity contribution in [2.24, 2.45) is 0 Å². The molecule has 2 N–H and O–H groups in total. The minimum absolute atomic E-state index is 0.303. The molecule has 2 unspecified atom stereocenters. The van der Waals surface area contributed by atoms with Crippen LogP contribution in [-0.4, -0.2) is 28.1 Å². The van der Waals surface area contributed by atoms with E-state index in [-0.39, 0.29) is 0 Å². The number of sulfonamides is 1. The first kappa shape index (κ1) is 15.1. The molecule has 102 valence electrons. The summed E-state index contributed by atoms with van der Waals surface area (Å²) in [6, 6.07) is 7.42. The Morgan fingerprint density at radius 2 is 1.72 bits per heavy atom. The van der Waals surface area contributed by atoms with Crippen molar-refractivity contribution < 1.29 is 8.42 Å². The van der Waals surface area contributed by atoms with E-state index in [4.69, 9.17) is 0 Å². The quantitative estimate of drug-likeness (QED) is 0.827. The zero-order chi connectivity index (χ0) is 13.8. The SMILES string of the molecule is CCNC(C)C(C)c1ccc(S(=O)(=O)NC)cc1. The molecule has 0 fully saturated rings. The molecule has 0 bridgehead atoms. The van der Waals surface area contributed by atoms with Gasteiger partial charge in [0.05, 0.1) is 4.90 Å². The van der Waals surface area contributed by atoms with Crippen molar-refractivity contribution in [1.29, 1.82) is 0 Å². The van der Waals surface area contributed by atoms with Crippen molar-refractivity contribution in [3.63, 3.8) is 0 Å². The van der Waals surface area contributed by atoms with Crippen LogP contribution in [0.5, 0.6) is 0 Å². The van der Waals surface area contributed by atoms with Crippen molar-refractivity contribution >= 4 is 10.0 Å². The van der Waals surface area contributed by atoms with Gasteiger partial charge in [-0.3, -0.25) is 0 Å². The molecule has 5 heteroatoms. The van der Waals surface area contributed by atoms with Crippen LogP contribution >= 0.6 is 0 Å². The molecule has 0 radical (unpaired) electrons. The Kier molecular flexibility index (Phi) is 5.31. The van der Waals surface area contributed by atoms with Crippen molar-refractivity contribution in [3.05, 3.63) is 29.8 Å². The minimum Gasteiger partial charge on any atom is -0.314 e. The van der Waals surface area contributed by atoms with Crippen molar-refractivity contribution in [2.75, 3.05) is 13.6 Å². The Morgan fingerprint density at radius 3 is 2.17 bits per heavy atom. The molecule has 0 spiro atoms. The summed E-state index contributed by atoms with van der Waals surface area (Å²) in [6.45, 7) is 7.27. The Balaban J connectivity index is 2.89. The van der Waals surface area contributed by atoms with Crippen LogP contribution in [0.2, 0.25) is 0 Å². The largest absolute Gasteiger partial charge is 0.314 e. The van der Waals surface area contributed by atoms with E-state index in [1.54, 1.807) is 12.1 Å². The highest BCUT2D eigenvalue weighted by atomic mass is 32.2. The van der Waals surface area contributed by atoms with Gasteiger partial charge in [0, 0.05) is 6.04 Å². The number of likely N-dealkylation sites (N-methyl/N-ethyl adjacent to an activating group) is 1. The predicted molar refractivity (Wildman–Crippen MR) is 74.2 cm³/mol. The lowest BCUT2D eigenvalue weighted by atomic mass is 9.94. The Morgan fingerprint density at radius 1 is 1.17 bits per heavy atom. The zero-order valence-electron chi connectivity index (χ0n) is 11.4. The summed E-state index contributed by atoms with van der Waals surface area (Å²) in [5, 5.41) is 3.37. The highest BCUT2D eigenvalue weighted by Gasteiger charge is 2.15. The summed E-state index contributed by atoms with van der Waals surface area (Å²) in [7, 11) is -1.92. The van der Waals surface area contributed by atoms with Gasteiger partial charge in [-0.25, -0.2) is 13.1 Å². The van der Waals surface area contributed by atoms with Gasteiger partial charge in [0.2, 0.25) is 10.0 Å². The number of rotatable bonds is 6. The van der Waals surface area contributed by atoms with Crippen molar-refractivity contribution in [2.45, 2.75) is 37.6 Å². The predicted octanol–water partition coefficient (Wildman–Crippen LogP) is 1.70. The highest BCUT2D eigenvalue weighted by molar-refractivity contribution is 7.89. The molecule has 1 aromatic rings. The molecule has 2 atom stereocenters. The van der Waals surface area contributed by atoms with Crippen LogP contribution in [0.25, 0.3) is 0 Å². The first-order chi connectivity index (χ1) is 8.42. The second-order valence-electron chi connectivity index (χ2n) is 4.41. The van der Waals surface area contributed by atoms with Gasteiger partial charge < -0.3 is 5.32 Å².